The first-order valence-corrected chi connectivity index (χ1v) is 9.36. The Morgan fingerprint density at radius 2 is 1.61 bits per heavy atom. The van der Waals surface area contributed by atoms with Gasteiger partial charge in [-0.25, -0.2) is 4.79 Å². The topological polar surface area (TPSA) is 99.2 Å². The second-order valence-electron chi connectivity index (χ2n) is 6.54. The first-order valence-electron chi connectivity index (χ1n) is 7.78. The fourth-order valence-electron chi connectivity index (χ4n) is 1.83. The number of ether oxygens (including phenoxy) is 2. The molecule has 0 N–H and O–H groups in total. The minimum Gasteiger partial charge on any atom is -0.468 e. The van der Waals surface area contributed by atoms with Crippen molar-refractivity contribution in [3.05, 3.63) is 24.3 Å². The number of alkyl halides is 3. The lowest BCUT2D eigenvalue weighted by Gasteiger charge is -2.26. The Bertz CT molecular complexity index is 799. The number of anilines is 1. The summed E-state index contributed by atoms with van der Waals surface area (Å²) in [5.41, 5.74) is -0.750. The molecule has 0 unspecified atom stereocenters. The van der Waals surface area contributed by atoms with Gasteiger partial charge in [0.15, 0.2) is 5.75 Å². The van der Waals surface area contributed by atoms with E-state index < -0.39 is 52.0 Å². The van der Waals surface area contributed by atoms with E-state index in [0.29, 0.717) is 0 Å². The van der Waals surface area contributed by atoms with Gasteiger partial charge >= 0.3 is 28.4 Å². The number of methoxy groups -OCH3 is 1. The van der Waals surface area contributed by atoms with Crippen LogP contribution in [0.1, 0.15) is 20.8 Å². The van der Waals surface area contributed by atoms with Gasteiger partial charge in [-0.1, -0.05) is 0 Å². The second kappa shape index (κ2) is 8.67. The SMILES string of the molecule is COC(=O)CN(C(=O)OC(C)(C)C)c1ccc(OS(=O)(=O)CC(F)(F)F)cc1. The minimum atomic E-state index is -4.95. The van der Waals surface area contributed by atoms with E-state index in [4.69, 9.17) is 4.74 Å². The fraction of sp³-hybridized carbons (Fsp3) is 0.500. The molecule has 0 aliphatic carbocycles. The smallest absolute Gasteiger partial charge is 0.415 e. The average Bonchev–Trinajstić information content (AvgIpc) is 2.48. The first kappa shape index (κ1) is 23.5. The zero-order valence-electron chi connectivity index (χ0n) is 15.6. The van der Waals surface area contributed by atoms with Crippen LogP contribution in [0.4, 0.5) is 23.7 Å². The Morgan fingerprint density at radius 3 is 2.04 bits per heavy atom. The maximum Gasteiger partial charge on any atom is 0.415 e. The van der Waals surface area contributed by atoms with E-state index in [-0.39, 0.29) is 5.69 Å². The maximum atomic E-state index is 12.3. The largest absolute Gasteiger partial charge is 0.468 e. The van der Waals surface area contributed by atoms with Crippen LogP contribution in [-0.2, 0) is 24.4 Å². The Balaban J connectivity index is 3.04. The van der Waals surface area contributed by atoms with Crippen LogP contribution in [0.25, 0.3) is 0 Å². The first-order chi connectivity index (χ1) is 12.6. The van der Waals surface area contributed by atoms with E-state index in [1.807, 2.05) is 0 Å². The van der Waals surface area contributed by atoms with E-state index in [0.717, 1.165) is 24.1 Å². The third kappa shape index (κ3) is 8.46. The highest BCUT2D eigenvalue weighted by Gasteiger charge is 2.36. The van der Waals surface area contributed by atoms with Gasteiger partial charge in [-0.3, -0.25) is 9.69 Å². The number of esters is 1. The van der Waals surface area contributed by atoms with Crippen LogP contribution in [0.3, 0.4) is 0 Å². The monoisotopic (exact) mass is 427 g/mol. The number of carbonyl (C=O) groups excluding carboxylic acids is 2. The zero-order chi connectivity index (χ0) is 21.8. The van der Waals surface area contributed by atoms with Crippen molar-refractivity contribution >= 4 is 27.9 Å². The molecular formula is C16H20F3NO7S. The number of rotatable bonds is 6. The molecule has 0 radical (unpaired) electrons. The molecule has 1 rings (SSSR count). The van der Waals surface area contributed by atoms with Gasteiger partial charge in [0.25, 0.3) is 0 Å². The van der Waals surface area contributed by atoms with Crippen molar-refractivity contribution in [3.8, 4) is 5.75 Å². The molecule has 0 bridgehead atoms. The van der Waals surface area contributed by atoms with E-state index in [1.54, 1.807) is 20.8 Å². The van der Waals surface area contributed by atoms with E-state index >= 15 is 0 Å². The number of benzene rings is 1. The van der Waals surface area contributed by atoms with Crippen molar-refractivity contribution in [2.24, 2.45) is 0 Å². The number of hydrogen-bond acceptors (Lipinski definition) is 7. The summed E-state index contributed by atoms with van der Waals surface area (Å²) < 4.78 is 73.6. The number of hydrogen-bond donors (Lipinski definition) is 0. The van der Waals surface area contributed by atoms with Gasteiger partial charge in [0.1, 0.15) is 17.9 Å². The number of carbonyl (C=O) groups is 2. The predicted molar refractivity (Wildman–Crippen MR) is 92.5 cm³/mol. The van der Waals surface area contributed by atoms with Crippen LogP contribution in [0.5, 0.6) is 5.75 Å². The zero-order valence-corrected chi connectivity index (χ0v) is 16.4. The van der Waals surface area contributed by atoms with Crippen molar-refractivity contribution in [1.29, 1.82) is 0 Å². The van der Waals surface area contributed by atoms with Crippen molar-refractivity contribution in [3.63, 3.8) is 0 Å². The molecule has 0 spiro atoms. The molecule has 0 fully saturated rings. The van der Waals surface area contributed by atoms with Crippen LogP contribution in [0, 0.1) is 0 Å². The molecule has 28 heavy (non-hydrogen) atoms. The lowest BCUT2D eigenvalue weighted by atomic mass is 10.2. The quantitative estimate of drug-likeness (QED) is 0.508. The van der Waals surface area contributed by atoms with Crippen molar-refractivity contribution in [2.75, 3.05) is 24.3 Å². The molecule has 0 atom stereocenters. The predicted octanol–water partition coefficient (Wildman–Crippen LogP) is 2.87. The highest BCUT2D eigenvalue weighted by Crippen LogP contribution is 2.24. The van der Waals surface area contributed by atoms with Gasteiger partial charge in [0, 0.05) is 5.69 Å². The van der Waals surface area contributed by atoms with Crippen molar-refractivity contribution in [1.82, 2.24) is 0 Å². The van der Waals surface area contributed by atoms with Crippen LogP contribution in [0.2, 0.25) is 0 Å². The van der Waals surface area contributed by atoms with Crippen LogP contribution >= 0.6 is 0 Å². The van der Waals surface area contributed by atoms with Gasteiger partial charge in [0.2, 0.25) is 0 Å². The standard InChI is InChI=1S/C16H20F3NO7S/c1-15(2,3)26-14(22)20(9-13(21)25-4)11-5-7-12(8-6-11)27-28(23,24)10-16(17,18)19/h5-8H,9-10H2,1-4H3. The number of nitrogens with zero attached hydrogens (tertiary/aromatic N) is 1. The normalized spacial score (nSPS) is 12.2. The Morgan fingerprint density at radius 1 is 1.07 bits per heavy atom. The van der Waals surface area contributed by atoms with Crippen LogP contribution in [-0.4, -0.2) is 51.7 Å². The molecule has 8 nitrogen and oxygen atoms in total. The third-order valence-corrected chi connectivity index (χ3v) is 3.97. The third-order valence-electron chi connectivity index (χ3n) is 2.84. The molecule has 0 saturated heterocycles. The molecule has 0 saturated carbocycles. The van der Waals surface area contributed by atoms with Crippen molar-refractivity contribution in [2.45, 2.75) is 32.5 Å². The summed E-state index contributed by atoms with van der Waals surface area (Å²) in [6.07, 6.45) is -5.83. The summed E-state index contributed by atoms with van der Waals surface area (Å²) in [7, 11) is -3.77. The van der Waals surface area contributed by atoms with Gasteiger partial charge in [-0.15, -0.1) is 0 Å². The fourth-order valence-corrected chi connectivity index (χ4v) is 2.69. The maximum absolute atomic E-state index is 12.3. The van der Waals surface area contributed by atoms with Crippen LogP contribution < -0.4 is 9.08 Å². The lowest BCUT2D eigenvalue weighted by molar-refractivity contribution is -0.139. The van der Waals surface area contributed by atoms with Crippen LogP contribution in [0.15, 0.2) is 24.3 Å². The lowest BCUT2D eigenvalue weighted by Crippen LogP contribution is -2.40. The number of amides is 1. The minimum absolute atomic E-state index is 0.111. The molecule has 1 aromatic carbocycles. The Labute approximate surface area is 160 Å². The van der Waals surface area contributed by atoms with E-state index in [9.17, 15) is 31.2 Å². The highest BCUT2D eigenvalue weighted by atomic mass is 32.2. The molecule has 0 aliphatic rings. The molecule has 158 valence electrons. The highest BCUT2D eigenvalue weighted by molar-refractivity contribution is 7.87. The van der Waals surface area contributed by atoms with E-state index in [1.165, 1.54) is 12.1 Å². The summed E-state index contributed by atoms with van der Waals surface area (Å²) in [5.74, 6) is -3.29. The van der Waals surface area contributed by atoms with E-state index in [2.05, 4.69) is 8.92 Å². The van der Waals surface area contributed by atoms with Gasteiger partial charge in [-0.05, 0) is 45.0 Å². The Kier molecular flexibility index (Phi) is 7.29. The Hall–Kier alpha value is -2.50. The molecule has 1 aromatic rings. The van der Waals surface area contributed by atoms with Crippen molar-refractivity contribution < 1.29 is 44.8 Å². The molecule has 0 aliphatic heterocycles. The van der Waals surface area contributed by atoms with Gasteiger partial charge in [0.05, 0.1) is 7.11 Å². The molecule has 0 heterocycles. The number of halogens is 3. The molecule has 12 heteroatoms. The molecule has 1 amide bonds. The van der Waals surface area contributed by atoms with Gasteiger partial charge < -0.3 is 13.7 Å². The summed E-state index contributed by atoms with van der Waals surface area (Å²) in [5, 5.41) is 0. The average molecular weight is 427 g/mol. The summed E-state index contributed by atoms with van der Waals surface area (Å²) >= 11 is 0. The molecular weight excluding hydrogens is 407 g/mol. The van der Waals surface area contributed by atoms with Gasteiger partial charge in [-0.2, -0.15) is 21.6 Å². The molecule has 0 aromatic heterocycles. The summed E-state index contributed by atoms with van der Waals surface area (Å²) in [6.45, 7) is 4.34. The summed E-state index contributed by atoms with van der Waals surface area (Å²) in [4.78, 5) is 24.8. The summed E-state index contributed by atoms with van der Waals surface area (Å²) in [6, 6.07) is 4.45. The second-order valence-corrected chi connectivity index (χ2v) is 8.11.